The number of hydrogen-bond donors (Lipinski definition) is 0. The Labute approximate surface area is 141 Å². The summed E-state index contributed by atoms with van der Waals surface area (Å²) in [5, 5.41) is 4.25. The Hall–Kier alpha value is -1.82. The van der Waals surface area contributed by atoms with E-state index in [1.54, 1.807) is 30.4 Å². The van der Waals surface area contributed by atoms with Crippen LogP contribution in [0, 0.1) is 0 Å². The summed E-state index contributed by atoms with van der Waals surface area (Å²) in [4.78, 5) is 19.8. The molecule has 1 amide bonds. The molecule has 0 aliphatic carbocycles. The van der Waals surface area contributed by atoms with Crippen LogP contribution in [0.25, 0.3) is 0 Å². The third kappa shape index (κ3) is 4.58. The Kier molecular flexibility index (Phi) is 5.69. The van der Waals surface area contributed by atoms with Gasteiger partial charge in [-0.15, -0.1) is 11.8 Å². The van der Waals surface area contributed by atoms with Gasteiger partial charge >= 0.3 is 0 Å². The Morgan fingerprint density at radius 1 is 1.26 bits per heavy atom. The van der Waals surface area contributed by atoms with Crippen LogP contribution >= 0.6 is 11.8 Å². The first kappa shape index (κ1) is 16.1. The molecule has 5 nitrogen and oxygen atoms in total. The molecule has 3 heterocycles. The zero-order valence-electron chi connectivity index (χ0n) is 13.2. The second-order valence-electron chi connectivity index (χ2n) is 5.77. The van der Waals surface area contributed by atoms with Gasteiger partial charge in [0.05, 0.1) is 5.75 Å². The standard InChI is InChI=1S/C17H22N4OS/c22-17(14-23-16-5-9-18-10-6-16)21-12-2-1-4-15(21)7-13-20-11-3-8-19-20/h3,5-6,8-11,15H,1-2,4,7,12-14H2. The fourth-order valence-corrected chi connectivity index (χ4v) is 3.78. The molecular weight excluding hydrogens is 308 g/mol. The van der Waals surface area contributed by atoms with E-state index in [-0.39, 0.29) is 5.91 Å². The Bertz CT molecular complexity index is 602. The number of hydrogen-bond acceptors (Lipinski definition) is 4. The van der Waals surface area contributed by atoms with E-state index in [9.17, 15) is 4.79 Å². The van der Waals surface area contributed by atoms with E-state index in [4.69, 9.17) is 0 Å². The monoisotopic (exact) mass is 330 g/mol. The average Bonchev–Trinajstić information content (AvgIpc) is 3.12. The number of aryl methyl sites for hydroxylation is 1. The summed E-state index contributed by atoms with van der Waals surface area (Å²) in [6.45, 7) is 1.76. The van der Waals surface area contributed by atoms with Crippen molar-refractivity contribution in [3.8, 4) is 0 Å². The molecule has 1 saturated heterocycles. The van der Waals surface area contributed by atoms with E-state index in [1.165, 1.54) is 6.42 Å². The van der Waals surface area contributed by atoms with Gasteiger partial charge in [-0.1, -0.05) is 0 Å². The lowest BCUT2D eigenvalue weighted by atomic mass is 9.99. The molecule has 0 radical (unpaired) electrons. The molecule has 2 aromatic rings. The van der Waals surface area contributed by atoms with Crippen molar-refractivity contribution in [2.75, 3.05) is 12.3 Å². The van der Waals surface area contributed by atoms with Crippen LogP contribution < -0.4 is 0 Å². The van der Waals surface area contributed by atoms with Crippen molar-refractivity contribution < 1.29 is 4.79 Å². The fourth-order valence-electron chi connectivity index (χ4n) is 3.01. The van der Waals surface area contributed by atoms with Gasteiger partial charge in [0.1, 0.15) is 0 Å². The molecule has 3 rings (SSSR count). The third-order valence-corrected chi connectivity index (χ3v) is 5.21. The van der Waals surface area contributed by atoms with Gasteiger partial charge in [-0.05, 0) is 43.9 Å². The molecule has 1 atom stereocenters. The molecule has 2 aromatic heterocycles. The second-order valence-corrected chi connectivity index (χ2v) is 6.81. The number of piperidine rings is 1. The van der Waals surface area contributed by atoms with E-state index < -0.39 is 0 Å². The molecule has 1 aliphatic heterocycles. The fraction of sp³-hybridized carbons (Fsp3) is 0.471. The largest absolute Gasteiger partial charge is 0.339 e. The lowest BCUT2D eigenvalue weighted by molar-refractivity contribution is -0.132. The van der Waals surface area contributed by atoms with Crippen molar-refractivity contribution in [1.29, 1.82) is 0 Å². The van der Waals surface area contributed by atoms with Gasteiger partial charge in [0.2, 0.25) is 5.91 Å². The van der Waals surface area contributed by atoms with Crippen LogP contribution in [0.3, 0.4) is 0 Å². The highest BCUT2D eigenvalue weighted by Gasteiger charge is 2.26. The Balaban J connectivity index is 1.53. The molecule has 0 bridgehead atoms. The van der Waals surface area contributed by atoms with E-state index in [2.05, 4.69) is 15.0 Å². The summed E-state index contributed by atoms with van der Waals surface area (Å²) >= 11 is 1.59. The first-order chi connectivity index (χ1) is 11.3. The maximum absolute atomic E-state index is 12.6. The lowest BCUT2D eigenvalue weighted by Gasteiger charge is -2.36. The molecule has 0 saturated carbocycles. The summed E-state index contributed by atoms with van der Waals surface area (Å²) in [5.41, 5.74) is 0. The SMILES string of the molecule is O=C(CSc1ccncc1)N1CCCCC1CCn1cccn1. The molecule has 1 unspecified atom stereocenters. The normalized spacial score (nSPS) is 18.1. The zero-order valence-corrected chi connectivity index (χ0v) is 14.0. The minimum Gasteiger partial charge on any atom is -0.339 e. The Morgan fingerprint density at radius 3 is 2.91 bits per heavy atom. The van der Waals surface area contributed by atoms with Crippen molar-refractivity contribution in [2.45, 2.75) is 43.2 Å². The second kappa shape index (κ2) is 8.15. The quantitative estimate of drug-likeness (QED) is 0.764. The van der Waals surface area contributed by atoms with Gasteiger partial charge in [-0.2, -0.15) is 5.10 Å². The molecule has 1 fully saturated rings. The summed E-state index contributed by atoms with van der Waals surface area (Å²) in [6, 6.07) is 6.18. The molecule has 1 aliphatic rings. The minimum absolute atomic E-state index is 0.247. The van der Waals surface area contributed by atoms with E-state index in [1.807, 2.05) is 29.1 Å². The van der Waals surface area contributed by atoms with Crippen LogP contribution in [0.4, 0.5) is 0 Å². The molecule has 6 heteroatoms. The van der Waals surface area contributed by atoms with Crippen molar-refractivity contribution >= 4 is 17.7 Å². The molecule has 0 N–H and O–H groups in total. The number of aromatic nitrogens is 3. The minimum atomic E-state index is 0.247. The van der Waals surface area contributed by atoms with Crippen molar-refractivity contribution in [2.24, 2.45) is 0 Å². The average molecular weight is 330 g/mol. The van der Waals surface area contributed by atoms with Crippen molar-refractivity contribution in [3.05, 3.63) is 43.0 Å². The van der Waals surface area contributed by atoms with Crippen LogP contribution in [0.5, 0.6) is 0 Å². The molecular formula is C17H22N4OS. The number of nitrogens with zero attached hydrogens (tertiary/aromatic N) is 4. The highest BCUT2D eigenvalue weighted by Crippen LogP contribution is 2.23. The van der Waals surface area contributed by atoms with Gasteiger partial charge in [0, 0.05) is 48.8 Å². The lowest BCUT2D eigenvalue weighted by Crippen LogP contribution is -2.45. The van der Waals surface area contributed by atoms with Crippen LogP contribution in [0.1, 0.15) is 25.7 Å². The first-order valence-electron chi connectivity index (χ1n) is 8.12. The summed E-state index contributed by atoms with van der Waals surface area (Å²) in [5.74, 6) is 0.749. The number of likely N-dealkylation sites (tertiary alicyclic amines) is 1. The smallest absolute Gasteiger partial charge is 0.233 e. The highest BCUT2D eigenvalue weighted by atomic mass is 32.2. The molecule has 0 spiro atoms. The number of thioether (sulfide) groups is 1. The zero-order chi connectivity index (χ0) is 15.9. The van der Waals surface area contributed by atoms with Gasteiger partial charge in [0.15, 0.2) is 0 Å². The molecule has 122 valence electrons. The third-order valence-electron chi connectivity index (χ3n) is 4.21. The van der Waals surface area contributed by atoms with Gasteiger partial charge in [0.25, 0.3) is 0 Å². The maximum Gasteiger partial charge on any atom is 0.233 e. The number of carbonyl (C=O) groups excluding carboxylic acids is 1. The van der Waals surface area contributed by atoms with Crippen molar-refractivity contribution in [1.82, 2.24) is 19.7 Å². The van der Waals surface area contributed by atoms with Crippen LogP contribution in [-0.2, 0) is 11.3 Å². The van der Waals surface area contributed by atoms with Crippen molar-refractivity contribution in [3.63, 3.8) is 0 Å². The first-order valence-corrected chi connectivity index (χ1v) is 9.11. The summed E-state index contributed by atoms with van der Waals surface area (Å²) < 4.78 is 1.95. The molecule has 0 aromatic carbocycles. The van der Waals surface area contributed by atoms with Crippen LogP contribution in [0.2, 0.25) is 0 Å². The number of amides is 1. The highest BCUT2D eigenvalue weighted by molar-refractivity contribution is 8.00. The van der Waals surface area contributed by atoms with E-state index in [0.29, 0.717) is 11.8 Å². The number of rotatable bonds is 6. The maximum atomic E-state index is 12.6. The van der Waals surface area contributed by atoms with Crippen LogP contribution in [0.15, 0.2) is 47.9 Å². The predicted octanol–water partition coefficient (Wildman–Crippen LogP) is 2.84. The number of pyridine rings is 1. The topological polar surface area (TPSA) is 51.0 Å². The van der Waals surface area contributed by atoms with Gasteiger partial charge in [-0.3, -0.25) is 14.5 Å². The Morgan fingerprint density at radius 2 is 2.13 bits per heavy atom. The van der Waals surface area contributed by atoms with Crippen LogP contribution in [-0.4, -0.2) is 43.9 Å². The van der Waals surface area contributed by atoms with E-state index in [0.717, 1.165) is 37.2 Å². The summed E-state index contributed by atoms with van der Waals surface area (Å²) in [6.07, 6.45) is 11.7. The van der Waals surface area contributed by atoms with E-state index >= 15 is 0 Å². The van der Waals surface area contributed by atoms with Gasteiger partial charge in [-0.25, -0.2) is 0 Å². The number of carbonyl (C=O) groups is 1. The predicted molar refractivity (Wildman–Crippen MR) is 91.2 cm³/mol. The van der Waals surface area contributed by atoms with Gasteiger partial charge < -0.3 is 4.90 Å². The summed E-state index contributed by atoms with van der Waals surface area (Å²) in [7, 11) is 0. The molecule has 23 heavy (non-hydrogen) atoms.